The van der Waals surface area contributed by atoms with Gasteiger partial charge in [-0.25, -0.2) is 4.98 Å². The van der Waals surface area contributed by atoms with Gasteiger partial charge in [0.25, 0.3) is 5.91 Å². The molecular formula is C16H17ClN2O. The lowest BCUT2D eigenvalue weighted by atomic mass is 10.1. The smallest absolute Gasteiger partial charge is 0.269 e. The maximum atomic E-state index is 12.2. The van der Waals surface area contributed by atoms with Crippen LogP contribution >= 0.6 is 11.6 Å². The molecule has 1 aromatic carbocycles. The van der Waals surface area contributed by atoms with Crippen LogP contribution in [0.15, 0.2) is 30.3 Å². The Morgan fingerprint density at radius 3 is 2.85 bits per heavy atom. The maximum Gasteiger partial charge on any atom is 0.269 e. The average molecular weight is 289 g/mol. The highest BCUT2D eigenvalue weighted by atomic mass is 35.5. The Kier molecular flexibility index (Phi) is 3.88. The van der Waals surface area contributed by atoms with Crippen LogP contribution in [0.5, 0.6) is 0 Å². The molecule has 0 aliphatic heterocycles. The zero-order chi connectivity index (χ0) is 13.9. The molecule has 1 amide bonds. The number of aromatic nitrogens is 1. The van der Waals surface area contributed by atoms with E-state index in [-0.39, 0.29) is 5.91 Å². The molecule has 0 bridgehead atoms. The third-order valence-corrected chi connectivity index (χ3v) is 4.24. The molecule has 104 valence electrons. The minimum Gasteiger partial charge on any atom is -0.350 e. The normalized spacial score (nSPS) is 15.7. The summed E-state index contributed by atoms with van der Waals surface area (Å²) in [5.74, 6) is 0.486. The summed E-state index contributed by atoms with van der Waals surface area (Å²) < 4.78 is 0. The minimum absolute atomic E-state index is 0.135. The Bertz CT molecular complexity index is 635. The Morgan fingerprint density at radius 2 is 2.05 bits per heavy atom. The summed E-state index contributed by atoms with van der Waals surface area (Å²) in [6, 6.07) is 9.49. The number of hydrogen-bond acceptors (Lipinski definition) is 2. The van der Waals surface area contributed by atoms with E-state index in [9.17, 15) is 4.79 Å². The van der Waals surface area contributed by atoms with Crippen molar-refractivity contribution in [2.75, 3.05) is 6.54 Å². The van der Waals surface area contributed by atoms with Crippen molar-refractivity contribution in [2.45, 2.75) is 25.7 Å². The molecule has 0 unspecified atom stereocenters. The molecule has 2 aromatic rings. The highest BCUT2D eigenvalue weighted by molar-refractivity contribution is 6.34. The van der Waals surface area contributed by atoms with E-state index in [4.69, 9.17) is 11.6 Å². The van der Waals surface area contributed by atoms with Gasteiger partial charge in [-0.05, 0) is 30.2 Å². The van der Waals surface area contributed by atoms with Crippen LogP contribution in [0.2, 0.25) is 5.15 Å². The van der Waals surface area contributed by atoms with E-state index in [1.165, 1.54) is 25.7 Å². The largest absolute Gasteiger partial charge is 0.350 e. The van der Waals surface area contributed by atoms with Crippen LogP contribution in [0.3, 0.4) is 0 Å². The van der Waals surface area contributed by atoms with Gasteiger partial charge in [-0.1, -0.05) is 48.7 Å². The third kappa shape index (κ3) is 2.78. The quantitative estimate of drug-likeness (QED) is 0.873. The lowest BCUT2D eigenvalue weighted by molar-refractivity contribution is 0.0942. The van der Waals surface area contributed by atoms with Crippen molar-refractivity contribution in [1.29, 1.82) is 0 Å². The van der Waals surface area contributed by atoms with Gasteiger partial charge >= 0.3 is 0 Å². The summed E-state index contributed by atoms with van der Waals surface area (Å²) in [5.41, 5.74) is 0.395. The number of fused-ring (bicyclic) bond motifs is 1. The van der Waals surface area contributed by atoms with Gasteiger partial charge in [0, 0.05) is 11.9 Å². The molecule has 0 spiro atoms. The molecule has 0 atom stereocenters. The van der Waals surface area contributed by atoms with E-state index in [1.807, 2.05) is 24.3 Å². The molecule has 1 heterocycles. The highest BCUT2D eigenvalue weighted by Crippen LogP contribution is 2.24. The topological polar surface area (TPSA) is 42.0 Å². The van der Waals surface area contributed by atoms with Crippen molar-refractivity contribution in [3.8, 4) is 0 Å². The molecule has 1 fully saturated rings. The van der Waals surface area contributed by atoms with E-state index in [0.717, 1.165) is 17.3 Å². The first-order chi connectivity index (χ1) is 9.74. The predicted octanol–water partition coefficient (Wildman–Crippen LogP) is 3.81. The molecule has 3 nitrogen and oxygen atoms in total. The summed E-state index contributed by atoms with van der Waals surface area (Å²) in [5, 5.41) is 5.18. The van der Waals surface area contributed by atoms with Crippen LogP contribution in [0, 0.1) is 5.92 Å². The van der Waals surface area contributed by atoms with Gasteiger partial charge < -0.3 is 5.32 Å². The van der Waals surface area contributed by atoms with Crippen molar-refractivity contribution in [1.82, 2.24) is 10.3 Å². The van der Waals surface area contributed by atoms with Crippen molar-refractivity contribution >= 4 is 28.3 Å². The van der Waals surface area contributed by atoms with E-state index < -0.39 is 0 Å². The van der Waals surface area contributed by atoms with Crippen LogP contribution in [0.4, 0.5) is 0 Å². The summed E-state index contributed by atoms with van der Waals surface area (Å²) in [7, 11) is 0. The van der Waals surface area contributed by atoms with Gasteiger partial charge in [0.15, 0.2) is 0 Å². The zero-order valence-electron chi connectivity index (χ0n) is 11.2. The van der Waals surface area contributed by atoms with Gasteiger partial charge in [-0.3, -0.25) is 4.79 Å². The Labute approximate surface area is 123 Å². The third-order valence-electron chi connectivity index (χ3n) is 3.95. The number of halogens is 1. The number of nitrogens with zero attached hydrogens (tertiary/aromatic N) is 1. The summed E-state index contributed by atoms with van der Waals surface area (Å²) >= 11 is 6.14. The van der Waals surface area contributed by atoms with Gasteiger partial charge in [0.1, 0.15) is 10.8 Å². The van der Waals surface area contributed by atoms with Crippen molar-refractivity contribution in [2.24, 2.45) is 5.92 Å². The van der Waals surface area contributed by atoms with Crippen LogP contribution in [0.1, 0.15) is 36.2 Å². The van der Waals surface area contributed by atoms with E-state index in [0.29, 0.717) is 16.8 Å². The van der Waals surface area contributed by atoms with Gasteiger partial charge in [0.05, 0.1) is 0 Å². The fourth-order valence-electron chi connectivity index (χ4n) is 2.81. The molecule has 1 N–H and O–H groups in total. The fourth-order valence-corrected chi connectivity index (χ4v) is 3.08. The van der Waals surface area contributed by atoms with Crippen LogP contribution in [-0.4, -0.2) is 17.4 Å². The predicted molar refractivity (Wildman–Crippen MR) is 81.0 cm³/mol. The van der Waals surface area contributed by atoms with Gasteiger partial charge in [-0.15, -0.1) is 0 Å². The SMILES string of the molecule is O=C(NCC1CCCC1)c1cc2ccccc2c(Cl)n1. The van der Waals surface area contributed by atoms with Crippen LogP contribution in [0.25, 0.3) is 10.8 Å². The summed E-state index contributed by atoms with van der Waals surface area (Å²) in [6.45, 7) is 0.741. The average Bonchev–Trinajstić information content (AvgIpc) is 2.98. The molecule has 1 saturated carbocycles. The standard InChI is InChI=1S/C16H17ClN2O/c17-15-13-8-4-3-7-12(13)9-14(19-15)16(20)18-10-11-5-1-2-6-11/h3-4,7-9,11H,1-2,5-6,10H2,(H,18,20). The second-order valence-corrected chi connectivity index (χ2v) is 5.74. The number of pyridine rings is 1. The Morgan fingerprint density at radius 1 is 1.30 bits per heavy atom. The molecule has 1 aromatic heterocycles. The Balaban J connectivity index is 1.77. The van der Waals surface area contributed by atoms with Crippen LogP contribution in [-0.2, 0) is 0 Å². The van der Waals surface area contributed by atoms with E-state index in [2.05, 4.69) is 10.3 Å². The molecule has 1 aliphatic carbocycles. The minimum atomic E-state index is -0.135. The molecule has 0 radical (unpaired) electrons. The fraction of sp³-hybridized carbons (Fsp3) is 0.375. The summed E-state index contributed by atoms with van der Waals surface area (Å²) in [4.78, 5) is 16.4. The second kappa shape index (κ2) is 5.80. The Hall–Kier alpha value is -1.61. The number of benzene rings is 1. The van der Waals surface area contributed by atoms with Crippen molar-refractivity contribution < 1.29 is 4.79 Å². The van der Waals surface area contributed by atoms with Crippen molar-refractivity contribution in [3.63, 3.8) is 0 Å². The number of hydrogen-bond donors (Lipinski definition) is 1. The van der Waals surface area contributed by atoms with Gasteiger partial charge in [0.2, 0.25) is 0 Å². The maximum absolute atomic E-state index is 12.2. The lowest BCUT2D eigenvalue weighted by Gasteiger charge is -2.11. The first-order valence-corrected chi connectivity index (χ1v) is 7.45. The number of nitrogens with one attached hydrogen (secondary N) is 1. The molecule has 20 heavy (non-hydrogen) atoms. The van der Waals surface area contributed by atoms with E-state index in [1.54, 1.807) is 6.07 Å². The molecule has 3 rings (SSSR count). The number of rotatable bonds is 3. The summed E-state index contributed by atoms with van der Waals surface area (Å²) in [6.07, 6.45) is 4.99. The first-order valence-electron chi connectivity index (χ1n) is 7.07. The molecule has 1 aliphatic rings. The zero-order valence-corrected chi connectivity index (χ0v) is 12.0. The highest BCUT2D eigenvalue weighted by Gasteiger charge is 2.17. The van der Waals surface area contributed by atoms with Crippen molar-refractivity contribution in [3.05, 3.63) is 41.2 Å². The number of carbonyl (C=O) groups is 1. The first kappa shape index (κ1) is 13.4. The van der Waals surface area contributed by atoms with E-state index >= 15 is 0 Å². The van der Waals surface area contributed by atoms with Crippen LogP contribution < -0.4 is 5.32 Å². The molecule has 4 heteroatoms. The monoisotopic (exact) mass is 288 g/mol. The number of amides is 1. The number of carbonyl (C=O) groups excluding carboxylic acids is 1. The second-order valence-electron chi connectivity index (χ2n) is 5.38. The van der Waals surface area contributed by atoms with Gasteiger partial charge in [-0.2, -0.15) is 0 Å². The molecule has 0 saturated heterocycles. The molecular weight excluding hydrogens is 272 g/mol. The lowest BCUT2D eigenvalue weighted by Crippen LogP contribution is -2.29.